The van der Waals surface area contributed by atoms with Crippen molar-refractivity contribution in [1.82, 2.24) is 0 Å². The van der Waals surface area contributed by atoms with Crippen molar-refractivity contribution in [3.05, 3.63) is 29.8 Å². The van der Waals surface area contributed by atoms with Crippen LogP contribution in [0.4, 0.5) is 0 Å². The summed E-state index contributed by atoms with van der Waals surface area (Å²) in [6.07, 6.45) is 2.52. The molecular weight excluding hydrogens is 276 g/mol. The summed E-state index contributed by atoms with van der Waals surface area (Å²) < 4.78 is 15.5. The van der Waals surface area contributed by atoms with Gasteiger partial charge in [-0.3, -0.25) is 4.79 Å². The minimum atomic E-state index is -1.06. The zero-order chi connectivity index (χ0) is 15.7. The molecule has 21 heavy (non-hydrogen) atoms. The Labute approximate surface area is 122 Å². The van der Waals surface area contributed by atoms with Crippen molar-refractivity contribution in [2.24, 2.45) is 0 Å². The highest BCUT2D eigenvalue weighted by Crippen LogP contribution is 2.32. The van der Waals surface area contributed by atoms with Gasteiger partial charge in [-0.1, -0.05) is 12.1 Å². The first-order valence-electron chi connectivity index (χ1n) is 6.45. The van der Waals surface area contributed by atoms with Crippen molar-refractivity contribution in [2.75, 3.05) is 20.3 Å². The number of carboxylic acids is 1. The Balaban J connectivity index is 2.93. The maximum atomic E-state index is 11.1. The van der Waals surface area contributed by atoms with E-state index in [1.165, 1.54) is 13.2 Å². The van der Waals surface area contributed by atoms with Gasteiger partial charge in [0.1, 0.15) is 0 Å². The van der Waals surface area contributed by atoms with Gasteiger partial charge in [0.25, 0.3) is 0 Å². The minimum absolute atomic E-state index is 0.0963. The number of hydrogen-bond donors (Lipinski definition) is 1. The van der Waals surface area contributed by atoms with Gasteiger partial charge >= 0.3 is 11.9 Å². The molecule has 0 fully saturated rings. The first-order chi connectivity index (χ1) is 10.1. The van der Waals surface area contributed by atoms with Gasteiger partial charge in [0, 0.05) is 11.6 Å². The molecule has 1 rings (SSSR count). The Morgan fingerprint density at radius 2 is 2.05 bits per heavy atom. The Bertz CT molecular complexity index is 521. The van der Waals surface area contributed by atoms with Crippen molar-refractivity contribution in [1.29, 1.82) is 0 Å². The lowest BCUT2D eigenvalue weighted by Gasteiger charge is -2.14. The molecule has 0 heterocycles. The molecule has 0 bridgehead atoms. The predicted octanol–water partition coefficient (Wildman–Crippen LogP) is 2.12. The Hall–Kier alpha value is -2.50. The molecule has 114 valence electrons. The molecule has 6 nitrogen and oxygen atoms in total. The Morgan fingerprint density at radius 1 is 1.29 bits per heavy atom. The van der Waals surface area contributed by atoms with Crippen molar-refractivity contribution in [2.45, 2.75) is 13.3 Å². The number of hydrogen-bond acceptors (Lipinski definition) is 5. The lowest BCUT2D eigenvalue weighted by atomic mass is 10.1. The molecule has 0 amide bonds. The molecule has 0 aliphatic carbocycles. The van der Waals surface area contributed by atoms with E-state index >= 15 is 0 Å². The Kier molecular flexibility index (Phi) is 6.80. The summed E-state index contributed by atoms with van der Waals surface area (Å²) in [4.78, 5) is 21.7. The van der Waals surface area contributed by atoms with Crippen molar-refractivity contribution in [3.8, 4) is 11.5 Å². The number of rotatable bonds is 8. The maximum absolute atomic E-state index is 11.1. The number of carbonyl (C=O) groups is 2. The van der Waals surface area contributed by atoms with E-state index in [0.29, 0.717) is 23.7 Å². The zero-order valence-corrected chi connectivity index (χ0v) is 12.0. The van der Waals surface area contributed by atoms with E-state index in [1.54, 1.807) is 18.2 Å². The summed E-state index contributed by atoms with van der Waals surface area (Å²) in [5.41, 5.74) is 0.563. The fourth-order valence-corrected chi connectivity index (χ4v) is 1.59. The van der Waals surface area contributed by atoms with Crippen LogP contribution in [0, 0.1) is 0 Å². The molecule has 0 radical (unpaired) electrons. The van der Waals surface area contributed by atoms with Crippen LogP contribution in [0.5, 0.6) is 11.5 Å². The summed E-state index contributed by atoms with van der Waals surface area (Å²) >= 11 is 0. The number of carboxylic acid groups (broad SMARTS) is 1. The van der Waals surface area contributed by atoms with E-state index in [1.807, 2.05) is 6.92 Å². The zero-order valence-electron chi connectivity index (χ0n) is 12.0. The van der Waals surface area contributed by atoms with E-state index in [4.69, 9.17) is 14.6 Å². The molecule has 1 N–H and O–H groups in total. The molecule has 1 aromatic carbocycles. The van der Waals surface area contributed by atoms with Crippen molar-refractivity contribution < 1.29 is 28.9 Å². The van der Waals surface area contributed by atoms with E-state index in [-0.39, 0.29) is 19.0 Å². The molecule has 6 heteroatoms. The third-order valence-corrected chi connectivity index (χ3v) is 2.49. The van der Waals surface area contributed by atoms with E-state index in [0.717, 1.165) is 6.08 Å². The van der Waals surface area contributed by atoms with Gasteiger partial charge in [0.15, 0.2) is 11.5 Å². The molecule has 0 aromatic heterocycles. The summed E-state index contributed by atoms with van der Waals surface area (Å²) in [5.74, 6) is -0.542. The lowest BCUT2D eigenvalue weighted by molar-refractivity contribution is -0.141. The molecule has 0 spiro atoms. The van der Waals surface area contributed by atoms with Crippen LogP contribution in [0.2, 0.25) is 0 Å². The smallest absolute Gasteiger partial charge is 0.328 e. The molecule has 0 aliphatic rings. The fourth-order valence-electron chi connectivity index (χ4n) is 1.59. The number of benzene rings is 1. The normalized spacial score (nSPS) is 10.4. The monoisotopic (exact) mass is 294 g/mol. The molecule has 0 saturated carbocycles. The number of para-hydroxylation sites is 1. The van der Waals surface area contributed by atoms with Gasteiger partial charge in [-0.15, -0.1) is 0 Å². The predicted molar refractivity (Wildman–Crippen MR) is 76.4 cm³/mol. The number of aliphatic carboxylic acids is 1. The topological polar surface area (TPSA) is 82.1 Å². The van der Waals surface area contributed by atoms with Crippen molar-refractivity contribution in [3.63, 3.8) is 0 Å². The first-order valence-corrected chi connectivity index (χ1v) is 6.45. The second-order valence-electron chi connectivity index (χ2n) is 3.95. The van der Waals surface area contributed by atoms with Gasteiger partial charge in [-0.25, -0.2) is 4.79 Å². The van der Waals surface area contributed by atoms with Crippen molar-refractivity contribution >= 4 is 18.0 Å². The number of ether oxygens (including phenoxy) is 3. The van der Waals surface area contributed by atoms with Gasteiger partial charge < -0.3 is 19.3 Å². The molecule has 0 aliphatic heterocycles. The van der Waals surface area contributed by atoms with Crippen LogP contribution < -0.4 is 9.47 Å². The van der Waals surface area contributed by atoms with Gasteiger partial charge in [-0.05, 0) is 19.1 Å². The highest BCUT2D eigenvalue weighted by atomic mass is 16.5. The van der Waals surface area contributed by atoms with Crippen LogP contribution in [0.1, 0.15) is 18.9 Å². The number of methoxy groups -OCH3 is 1. The maximum Gasteiger partial charge on any atom is 0.328 e. The third-order valence-electron chi connectivity index (χ3n) is 2.49. The average molecular weight is 294 g/mol. The van der Waals surface area contributed by atoms with Crippen LogP contribution >= 0.6 is 0 Å². The van der Waals surface area contributed by atoms with Crippen LogP contribution in [0.15, 0.2) is 24.3 Å². The number of esters is 1. The summed E-state index contributed by atoms with van der Waals surface area (Å²) in [5, 5.41) is 8.70. The fraction of sp³-hybridized carbons (Fsp3) is 0.333. The van der Waals surface area contributed by atoms with Gasteiger partial charge in [0.2, 0.25) is 0 Å². The van der Waals surface area contributed by atoms with Crippen LogP contribution in [0.25, 0.3) is 6.08 Å². The van der Waals surface area contributed by atoms with E-state index < -0.39 is 5.97 Å². The van der Waals surface area contributed by atoms with E-state index in [2.05, 4.69) is 4.74 Å². The SMILES string of the molecule is CCOc1cccc(C=CC(=O)O)c1OCCC(=O)OC. The second-order valence-corrected chi connectivity index (χ2v) is 3.95. The largest absolute Gasteiger partial charge is 0.490 e. The van der Waals surface area contributed by atoms with Crippen LogP contribution in [-0.2, 0) is 14.3 Å². The second kappa shape index (κ2) is 8.63. The first kappa shape index (κ1) is 16.6. The molecule has 0 unspecified atom stereocenters. The van der Waals surface area contributed by atoms with Crippen LogP contribution in [-0.4, -0.2) is 37.4 Å². The third kappa shape index (κ3) is 5.56. The minimum Gasteiger partial charge on any atom is -0.490 e. The lowest BCUT2D eigenvalue weighted by Crippen LogP contribution is -2.09. The van der Waals surface area contributed by atoms with Gasteiger partial charge in [0.05, 0.1) is 26.7 Å². The molecular formula is C15H18O6. The quantitative estimate of drug-likeness (QED) is 0.584. The average Bonchev–Trinajstić information content (AvgIpc) is 2.47. The summed E-state index contributed by atoms with van der Waals surface area (Å²) in [6, 6.07) is 5.16. The molecule has 0 saturated heterocycles. The Morgan fingerprint density at radius 3 is 2.67 bits per heavy atom. The highest BCUT2D eigenvalue weighted by Gasteiger charge is 2.11. The van der Waals surface area contributed by atoms with Crippen LogP contribution in [0.3, 0.4) is 0 Å². The summed E-state index contributed by atoms with van der Waals surface area (Å²) in [6.45, 7) is 2.39. The molecule has 1 aromatic rings. The van der Waals surface area contributed by atoms with Gasteiger partial charge in [-0.2, -0.15) is 0 Å². The highest BCUT2D eigenvalue weighted by molar-refractivity contribution is 5.86. The van der Waals surface area contributed by atoms with E-state index in [9.17, 15) is 9.59 Å². The standard InChI is InChI=1S/C15H18O6/c1-3-20-12-6-4-5-11(7-8-13(16)17)15(12)21-10-9-14(18)19-2/h4-8H,3,9-10H2,1-2H3,(H,16,17). The molecule has 0 atom stereocenters. The summed E-state index contributed by atoms with van der Waals surface area (Å²) in [7, 11) is 1.30. The number of carbonyl (C=O) groups excluding carboxylic acids is 1.